The molecule has 0 saturated carbocycles. The van der Waals surface area contributed by atoms with Crippen molar-refractivity contribution in [2.45, 2.75) is 26.3 Å². The highest BCUT2D eigenvalue weighted by Crippen LogP contribution is 2.13. The summed E-state index contributed by atoms with van der Waals surface area (Å²) in [5.41, 5.74) is 0. The predicted octanol–water partition coefficient (Wildman–Crippen LogP) is 0.260. The van der Waals surface area contributed by atoms with Crippen molar-refractivity contribution < 1.29 is 14.7 Å². The van der Waals surface area contributed by atoms with Crippen LogP contribution in [0.4, 0.5) is 0 Å². The first-order valence-electron chi connectivity index (χ1n) is 5.66. The second-order valence-corrected chi connectivity index (χ2v) is 4.50. The quantitative estimate of drug-likeness (QED) is 0.752. The smallest absolute Gasteiger partial charge is 0.309 e. The SMILES string of the molecule is CCC(C)N1CC(=O)N(C)CC(C(=O)O)C1. The lowest BCUT2D eigenvalue weighted by molar-refractivity contribution is -0.142. The summed E-state index contributed by atoms with van der Waals surface area (Å²) in [7, 11) is 1.67. The van der Waals surface area contributed by atoms with Crippen molar-refractivity contribution in [1.82, 2.24) is 9.80 Å². The maximum Gasteiger partial charge on any atom is 0.309 e. The van der Waals surface area contributed by atoms with Crippen LogP contribution in [-0.2, 0) is 9.59 Å². The molecule has 0 radical (unpaired) electrons. The van der Waals surface area contributed by atoms with Gasteiger partial charge in [0.05, 0.1) is 12.5 Å². The Hall–Kier alpha value is -1.10. The Labute approximate surface area is 96.0 Å². The van der Waals surface area contributed by atoms with Crippen LogP contribution in [0, 0.1) is 5.92 Å². The lowest BCUT2D eigenvalue weighted by atomic mass is 10.1. The normalized spacial score (nSPS) is 25.3. The van der Waals surface area contributed by atoms with Crippen LogP contribution in [0.15, 0.2) is 0 Å². The van der Waals surface area contributed by atoms with Crippen molar-refractivity contribution in [3.8, 4) is 0 Å². The molecule has 0 aromatic heterocycles. The van der Waals surface area contributed by atoms with E-state index in [2.05, 4.69) is 0 Å². The van der Waals surface area contributed by atoms with E-state index in [1.54, 1.807) is 7.05 Å². The van der Waals surface area contributed by atoms with Gasteiger partial charge in [0.15, 0.2) is 0 Å². The summed E-state index contributed by atoms with van der Waals surface area (Å²) in [4.78, 5) is 26.2. The molecule has 5 heteroatoms. The number of amides is 1. The molecule has 1 aliphatic rings. The van der Waals surface area contributed by atoms with E-state index in [-0.39, 0.29) is 11.9 Å². The molecule has 1 rings (SSSR count). The first kappa shape index (κ1) is 13.0. The third kappa shape index (κ3) is 2.95. The van der Waals surface area contributed by atoms with Crippen molar-refractivity contribution in [2.24, 2.45) is 5.92 Å². The second kappa shape index (κ2) is 5.30. The summed E-state index contributed by atoms with van der Waals surface area (Å²) >= 11 is 0. The number of likely N-dealkylation sites (N-methyl/N-ethyl adjacent to an activating group) is 1. The third-order valence-electron chi connectivity index (χ3n) is 3.28. The topological polar surface area (TPSA) is 60.9 Å². The summed E-state index contributed by atoms with van der Waals surface area (Å²) in [5.74, 6) is -1.30. The van der Waals surface area contributed by atoms with Crippen molar-refractivity contribution >= 4 is 11.9 Å². The molecule has 5 nitrogen and oxygen atoms in total. The Bertz CT molecular complexity index is 280. The monoisotopic (exact) mass is 228 g/mol. The van der Waals surface area contributed by atoms with Crippen LogP contribution >= 0.6 is 0 Å². The van der Waals surface area contributed by atoms with Crippen LogP contribution in [0.5, 0.6) is 0 Å². The Balaban J connectivity index is 2.80. The molecule has 1 fully saturated rings. The van der Waals surface area contributed by atoms with Crippen molar-refractivity contribution in [3.05, 3.63) is 0 Å². The molecule has 0 spiro atoms. The van der Waals surface area contributed by atoms with E-state index in [0.29, 0.717) is 19.6 Å². The number of rotatable bonds is 3. The summed E-state index contributed by atoms with van der Waals surface area (Å²) in [6.07, 6.45) is 0.920. The Morgan fingerprint density at radius 2 is 2.19 bits per heavy atom. The molecule has 2 atom stereocenters. The highest BCUT2D eigenvalue weighted by molar-refractivity contribution is 5.80. The molecule has 92 valence electrons. The van der Waals surface area contributed by atoms with Crippen LogP contribution in [-0.4, -0.2) is 59.5 Å². The zero-order valence-corrected chi connectivity index (χ0v) is 10.1. The predicted molar refractivity (Wildman–Crippen MR) is 60.1 cm³/mol. The number of hydrogen-bond donors (Lipinski definition) is 1. The van der Waals surface area contributed by atoms with Crippen molar-refractivity contribution in [3.63, 3.8) is 0 Å². The minimum atomic E-state index is -0.824. The van der Waals surface area contributed by atoms with Gasteiger partial charge in [0.25, 0.3) is 0 Å². The van der Waals surface area contributed by atoms with Gasteiger partial charge in [-0.05, 0) is 13.3 Å². The van der Waals surface area contributed by atoms with Gasteiger partial charge in [-0.3, -0.25) is 14.5 Å². The fourth-order valence-electron chi connectivity index (χ4n) is 1.88. The van der Waals surface area contributed by atoms with E-state index in [1.165, 1.54) is 4.90 Å². The molecule has 0 aliphatic carbocycles. The Kier molecular flexibility index (Phi) is 4.29. The molecule has 1 saturated heterocycles. The maximum atomic E-state index is 11.7. The third-order valence-corrected chi connectivity index (χ3v) is 3.28. The molecular formula is C11H20N2O3. The highest BCUT2D eigenvalue weighted by atomic mass is 16.4. The zero-order valence-electron chi connectivity index (χ0n) is 10.1. The van der Waals surface area contributed by atoms with Crippen molar-refractivity contribution in [2.75, 3.05) is 26.7 Å². The first-order chi connectivity index (χ1) is 7.45. The fourth-order valence-corrected chi connectivity index (χ4v) is 1.88. The number of carbonyl (C=O) groups is 2. The summed E-state index contributed by atoms with van der Waals surface area (Å²) in [6, 6.07) is 0.247. The Morgan fingerprint density at radius 1 is 1.56 bits per heavy atom. The van der Waals surface area contributed by atoms with Gasteiger partial charge in [0, 0.05) is 26.2 Å². The number of carbonyl (C=O) groups excluding carboxylic acids is 1. The van der Waals surface area contributed by atoms with Crippen LogP contribution < -0.4 is 0 Å². The molecule has 0 aromatic carbocycles. The molecule has 0 aromatic rings. The molecular weight excluding hydrogens is 208 g/mol. The minimum Gasteiger partial charge on any atom is -0.481 e. The van der Waals surface area contributed by atoms with E-state index in [1.807, 2.05) is 18.7 Å². The van der Waals surface area contributed by atoms with Crippen molar-refractivity contribution in [1.29, 1.82) is 0 Å². The molecule has 0 bridgehead atoms. The number of hydrogen-bond acceptors (Lipinski definition) is 3. The molecule has 1 aliphatic heterocycles. The molecule has 2 unspecified atom stereocenters. The average molecular weight is 228 g/mol. The fraction of sp³-hybridized carbons (Fsp3) is 0.818. The maximum absolute atomic E-state index is 11.7. The first-order valence-corrected chi connectivity index (χ1v) is 5.66. The van der Waals surface area contributed by atoms with Crippen LogP contribution in [0.25, 0.3) is 0 Å². The lowest BCUT2D eigenvalue weighted by Crippen LogP contribution is -2.40. The van der Waals surface area contributed by atoms with Crippen LogP contribution in [0.3, 0.4) is 0 Å². The van der Waals surface area contributed by atoms with Gasteiger partial charge in [0.1, 0.15) is 0 Å². The van der Waals surface area contributed by atoms with E-state index in [4.69, 9.17) is 5.11 Å². The summed E-state index contributed by atoms with van der Waals surface area (Å²) < 4.78 is 0. The van der Waals surface area contributed by atoms with Crippen LogP contribution in [0.2, 0.25) is 0 Å². The summed E-state index contributed by atoms with van der Waals surface area (Å²) in [5, 5.41) is 9.07. The number of nitrogens with zero attached hydrogens (tertiary/aromatic N) is 2. The number of carboxylic acids is 1. The van der Waals surface area contributed by atoms with E-state index in [9.17, 15) is 9.59 Å². The van der Waals surface area contributed by atoms with Gasteiger partial charge in [-0.2, -0.15) is 0 Å². The average Bonchev–Trinajstić information content (AvgIpc) is 2.38. The molecule has 1 amide bonds. The van der Waals surface area contributed by atoms with E-state index in [0.717, 1.165) is 6.42 Å². The molecule has 16 heavy (non-hydrogen) atoms. The van der Waals surface area contributed by atoms with Gasteiger partial charge >= 0.3 is 5.97 Å². The van der Waals surface area contributed by atoms with E-state index >= 15 is 0 Å². The lowest BCUT2D eigenvalue weighted by Gasteiger charge is -2.26. The van der Waals surface area contributed by atoms with Gasteiger partial charge in [-0.15, -0.1) is 0 Å². The van der Waals surface area contributed by atoms with Crippen LogP contribution in [0.1, 0.15) is 20.3 Å². The van der Waals surface area contributed by atoms with Gasteiger partial charge < -0.3 is 10.0 Å². The number of carboxylic acid groups (broad SMARTS) is 1. The van der Waals surface area contributed by atoms with E-state index < -0.39 is 11.9 Å². The standard InChI is InChI=1S/C11H20N2O3/c1-4-8(2)13-6-9(11(15)16)5-12(3)10(14)7-13/h8-9H,4-7H2,1-3H3,(H,15,16). The molecule has 1 N–H and O–H groups in total. The minimum absolute atomic E-state index is 0.00375. The number of aliphatic carboxylic acids is 1. The van der Waals surface area contributed by atoms with Gasteiger partial charge in [-0.1, -0.05) is 6.92 Å². The van der Waals surface area contributed by atoms with Gasteiger partial charge in [0.2, 0.25) is 5.91 Å². The second-order valence-electron chi connectivity index (χ2n) is 4.50. The molecule has 1 heterocycles. The summed E-state index contributed by atoms with van der Waals surface area (Å²) in [6.45, 7) is 5.16. The largest absolute Gasteiger partial charge is 0.481 e. The van der Waals surface area contributed by atoms with Gasteiger partial charge in [-0.25, -0.2) is 0 Å². The highest BCUT2D eigenvalue weighted by Gasteiger charge is 2.31. The zero-order chi connectivity index (χ0) is 12.3. The Morgan fingerprint density at radius 3 is 2.69 bits per heavy atom.